The second kappa shape index (κ2) is 14.7. The number of carbonyl (C=O) groups excluding carboxylic acids is 2. The molecule has 190 valence electrons. The van der Waals surface area contributed by atoms with E-state index in [-0.39, 0.29) is 18.1 Å². The summed E-state index contributed by atoms with van der Waals surface area (Å²) in [5, 5.41) is 15.2. The Morgan fingerprint density at radius 3 is 2.41 bits per heavy atom. The van der Waals surface area contributed by atoms with Crippen LogP contribution in [-0.2, 0) is 16.0 Å². The van der Waals surface area contributed by atoms with Crippen molar-refractivity contribution in [3.63, 3.8) is 0 Å². The van der Waals surface area contributed by atoms with Crippen molar-refractivity contribution in [1.82, 2.24) is 5.32 Å². The number of nitriles is 1. The van der Waals surface area contributed by atoms with E-state index in [1.807, 2.05) is 61.5 Å². The molecule has 2 amide bonds. The molecule has 0 atom stereocenters. The van der Waals surface area contributed by atoms with Gasteiger partial charge in [0.1, 0.15) is 11.6 Å². The van der Waals surface area contributed by atoms with Crippen LogP contribution in [0.4, 0.5) is 5.69 Å². The van der Waals surface area contributed by atoms with E-state index in [2.05, 4.69) is 33.2 Å². The van der Waals surface area contributed by atoms with Crippen molar-refractivity contribution in [2.75, 3.05) is 25.1 Å². The Balaban J connectivity index is 1.64. The smallest absolute Gasteiger partial charge is 0.262 e. The standard InChI is InChI=1S/C29H28IN3O4/c1-2-36-26-18-22(16-23(19-31)29(35)32-15-9-12-21-10-5-3-6-11-21)17-25(30)28(26)37-20-27(34)33-24-13-7-4-8-14-24/h3-8,10-11,13-14,16-18H,2,9,12,15,20H2,1H3,(H,32,35)(H,33,34)/b23-16-. The van der Waals surface area contributed by atoms with Crippen LogP contribution in [-0.4, -0.2) is 31.6 Å². The van der Waals surface area contributed by atoms with Crippen LogP contribution in [0.15, 0.2) is 78.4 Å². The van der Waals surface area contributed by atoms with Gasteiger partial charge in [0.2, 0.25) is 0 Å². The number of hydrogen-bond donors (Lipinski definition) is 2. The summed E-state index contributed by atoms with van der Waals surface area (Å²) in [6.45, 7) is 2.48. The minimum absolute atomic E-state index is 0.00568. The first-order valence-corrected chi connectivity index (χ1v) is 13.0. The Labute approximate surface area is 230 Å². The topological polar surface area (TPSA) is 100 Å². The van der Waals surface area contributed by atoms with E-state index < -0.39 is 5.91 Å². The van der Waals surface area contributed by atoms with Gasteiger partial charge in [-0.1, -0.05) is 48.5 Å². The molecule has 0 heterocycles. The number of halogens is 1. The molecule has 0 bridgehead atoms. The molecule has 37 heavy (non-hydrogen) atoms. The van der Waals surface area contributed by atoms with Gasteiger partial charge in [0.05, 0.1) is 10.2 Å². The normalized spacial score (nSPS) is 10.8. The third-order valence-electron chi connectivity index (χ3n) is 5.18. The first-order chi connectivity index (χ1) is 18.0. The van der Waals surface area contributed by atoms with Crippen molar-refractivity contribution in [2.45, 2.75) is 19.8 Å². The van der Waals surface area contributed by atoms with Gasteiger partial charge in [0.15, 0.2) is 18.1 Å². The number of anilines is 1. The number of ether oxygens (including phenoxy) is 2. The van der Waals surface area contributed by atoms with Crippen molar-refractivity contribution in [1.29, 1.82) is 5.26 Å². The molecular formula is C29H28IN3O4. The third kappa shape index (κ3) is 8.95. The second-order valence-electron chi connectivity index (χ2n) is 7.98. The average Bonchev–Trinajstić information content (AvgIpc) is 2.90. The van der Waals surface area contributed by atoms with Crippen molar-refractivity contribution in [2.24, 2.45) is 0 Å². The predicted octanol–water partition coefficient (Wildman–Crippen LogP) is 5.36. The molecule has 3 aromatic rings. The molecule has 0 unspecified atom stereocenters. The zero-order valence-corrected chi connectivity index (χ0v) is 22.7. The van der Waals surface area contributed by atoms with Crippen LogP contribution in [0.2, 0.25) is 0 Å². The summed E-state index contributed by atoms with van der Waals surface area (Å²) in [4.78, 5) is 24.9. The summed E-state index contributed by atoms with van der Waals surface area (Å²) in [7, 11) is 0. The second-order valence-corrected chi connectivity index (χ2v) is 9.14. The minimum atomic E-state index is -0.429. The lowest BCUT2D eigenvalue weighted by molar-refractivity contribution is -0.118. The molecule has 0 fully saturated rings. The molecule has 3 aromatic carbocycles. The van der Waals surface area contributed by atoms with Crippen molar-refractivity contribution in [3.8, 4) is 17.6 Å². The number of para-hydroxylation sites is 1. The fraction of sp³-hybridized carbons (Fsp3) is 0.207. The van der Waals surface area contributed by atoms with Gasteiger partial charge in [-0.05, 0) is 83.8 Å². The lowest BCUT2D eigenvalue weighted by Gasteiger charge is -2.15. The van der Waals surface area contributed by atoms with Gasteiger partial charge < -0.3 is 20.1 Å². The van der Waals surface area contributed by atoms with Gasteiger partial charge in [-0.15, -0.1) is 0 Å². The Kier molecular flexibility index (Phi) is 11.0. The molecule has 0 saturated heterocycles. The highest BCUT2D eigenvalue weighted by molar-refractivity contribution is 14.1. The molecule has 0 aromatic heterocycles. The summed E-state index contributed by atoms with van der Waals surface area (Å²) in [6, 6.07) is 24.6. The van der Waals surface area contributed by atoms with Gasteiger partial charge in [-0.3, -0.25) is 9.59 Å². The number of rotatable bonds is 12. The largest absolute Gasteiger partial charge is 0.490 e. The number of aryl methyl sites for hydroxylation is 1. The maximum Gasteiger partial charge on any atom is 0.262 e. The first-order valence-electron chi connectivity index (χ1n) is 11.9. The molecule has 0 aliphatic carbocycles. The Morgan fingerprint density at radius 2 is 1.73 bits per heavy atom. The summed E-state index contributed by atoms with van der Waals surface area (Å²) >= 11 is 2.08. The van der Waals surface area contributed by atoms with Crippen LogP contribution in [0.1, 0.15) is 24.5 Å². The van der Waals surface area contributed by atoms with Crippen LogP contribution < -0.4 is 20.1 Å². The lowest BCUT2D eigenvalue weighted by atomic mass is 10.1. The fourth-order valence-electron chi connectivity index (χ4n) is 3.48. The maximum atomic E-state index is 12.6. The van der Waals surface area contributed by atoms with E-state index >= 15 is 0 Å². The van der Waals surface area contributed by atoms with E-state index in [1.165, 1.54) is 11.6 Å². The van der Waals surface area contributed by atoms with Crippen LogP contribution in [0.25, 0.3) is 6.08 Å². The van der Waals surface area contributed by atoms with Gasteiger partial charge in [-0.2, -0.15) is 5.26 Å². The minimum Gasteiger partial charge on any atom is -0.490 e. The summed E-state index contributed by atoms with van der Waals surface area (Å²) in [5.74, 6) is 0.117. The van der Waals surface area contributed by atoms with Gasteiger partial charge in [0, 0.05) is 12.2 Å². The average molecular weight is 609 g/mol. The monoisotopic (exact) mass is 609 g/mol. The molecule has 7 nitrogen and oxygen atoms in total. The summed E-state index contributed by atoms with van der Waals surface area (Å²) < 4.78 is 12.2. The number of amides is 2. The van der Waals surface area contributed by atoms with Crippen molar-refractivity contribution in [3.05, 3.63) is 93.1 Å². The number of nitrogens with one attached hydrogen (secondary N) is 2. The van der Waals surface area contributed by atoms with Crippen LogP contribution >= 0.6 is 22.6 Å². The van der Waals surface area contributed by atoms with E-state index in [0.717, 1.165) is 12.8 Å². The van der Waals surface area contributed by atoms with Crippen LogP contribution in [0.3, 0.4) is 0 Å². The highest BCUT2D eigenvalue weighted by Gasteiger charge is 2.15. The third-order valence-corrected chi connectivity index (χ3v) is 5.98. The fourth-order valence-corrected chi connectivity index (χ4v) is 4.26. The molecule has 0 saturated carbocycles. The molecule has 8 heteroatoms. The maximum absolute atomic E-state index is 12.6. The molecule has 2 N–H and O–H groups in total. The Hall–Kier alpha value is -3.84. The van der Waals surface area contributed by atoms with E-state index in [9.17, 15) is 14.9 Å². The molecule has 0 spiro atoms. The molecule has 0 aliphatic heterocycles. The van der Waals surface area contributed by atoms with Crippen LogP contribution in [0.5, 0.6) is 11.5 Å². The predicted molar refractivity (Wildman–Crippen MR) is 152 cm³/mol. The summed E-state index contributed by atoms with van der Waals surface area (Å²) in [6.07, 6.45) is 3.13. The molecular weight excluding hydrogens is 581 g/mol. The van der Waals surface area contributed by atoms with E-state index in [1.54, 1.807) is 24.3 Å². The Bertz CT molecular complexity index is 1270. The number of benzene rings is 3. The highest BCUT2D eigenvalue weighted by atomic mass is 127. The number of hydrogen-bond acceptors (Lipinski definition) is 5. The van der Waals surface area contributed by atoms with Gasteiger partial charge in [0.25, 0.3) is 11.8 Å². The van der Waals surface area contributed by atoms with Crippen LogP contribution in [0, 0.1) is 14.9 Å². The lowest BCUT2D eigenvalue weighted by Crippen LogP contribution is -2.25. The molecule has 3 rings (SSSR count). The Morgan fingerprint density at radius 1 is 1.03 bits per heavy atom. The quantitative estimate of drug-likeness (QED) is 0.125. The number of carbonyl (C=O) groups is 2. The van der Waals surface area contributed by atoms with E-state index in [0.29, 0.717) is 39.5 Å². The summed E-state index contributed by atoms with van der Waals surface area (Å²) in [5.41, 5.74) is 2.49. The van der Waals surface area contributed by atoms with Gasteiger partial charge in [-0.25, -0.2) is 0 Å². The number of nitrogens with zero attached hydrogens (tertiary/aromatic N) is 1. The highest BCUT2D eigenvalue weighted by Crippen LogP contribution is 2.35. The van der Waals surface area contributed by atoms with Crippen molar-refractivity contribution >= 4 is 46.2 Å². The zero-order chi connectivity index (χ0) is 26.5. The SMILES string of the molecule is CCOc1cc(/C=C(/C#N)C(=O)NCCCc2ccccc2)cc(I)c1OCC(=O)Nc1ccccc1. The first kappa shape index (κ1) is 27.7. The molecule has 0 aliphatic rings. The molecule has 0 radical (unpaired) electrons. The van der Waals surface area contributed by atoms with Gasteiger partial charge >= 0.3 is 0 Å². The van der Waals surface area contributed by atoms with E-state index in [4.69, 9.17) is 9.47 Å². The van der Waals surface area contributed by atoms with Crippen molar-refractivity contribution < 1.29 is 19.1 Å². The zero-order valence-electron chi connectivity index (χ0n) is 20.5.